The smallest absolute Gasteiger partial charge is 0.268 e. The average Bonchev–Trinajstić information content (AvgIpc) is 2.33. The zero-order chi connectivity index (χ0) is 12.3. The summed E-state index contributed by atoms with van der Waals surface area (Å²) >= 11 is 0. The zero-order valence-electron chi connectivity index (χ0n) is 9.95. The fourth-order valence-electron chi connectivity index (χ4n) is 1.64. The summed E-state index contributed by atoms with van der Waals surface area (Å²) in [4.78, 5) is 11.5. The first-order valence-corrected chi connectivity index (χ1v) is 5.51. The Hall–Kier alpha value is -1.94. The minimum absolute atomic E-state index is 0.143. The van der Waals surface area contributed by atoms with E-state index in [1.54, 1.807) is 0 Å². The highest BCUT2D eigenvalue weighted by Gasteiger charge is 2.04. The van der Waals surface area contributed by atoms with Crippen LogP contribution in [-0.2, 0) is 6.54 Å². The van der Waals surface area contributed by atoms with Crippen molar-refractivity contribution in [3.8, 4) is 11.3 Å². The van der Waals surface area contributed by atoms with E-state index in [-0.39, 0.29) is 5.56 Å². The standard InChI is InChI=1S/C13H15N3O/c1-9-3-5-10(6-4-9)12-7-11(8-14-2)13(17)16-15-12/h3-7,14H,8H2,1-2H3,(H,16,17). The summed E-state index contributed by atoms with van der Waals surface area (Å²) in [5.74, 6) is 0. The van der Waals surface area contributed by atoms with Gasteiger partial charge in [0.2, 0.25) is 0 Å². The van der Waals surface area contributed by atoms with Crippen molar-refractivity contribution in [1.29, 1.82) is 0 Å². The van der Waals surface area contributed by atoms with Gasteiger partial charge >= 0.3 is 0 Å². The van der Waals surface area contributed by atoms with Crippen LogP contribution in [0.1, 0.15) is 11.1 Å². The third kappa shape index (κ3) is 2.60. The van der Waals surface area contributed by atoms with Gasteiger partial charge in [-0.15, -0.1) is 0 Å². The van der Waals surface area contributed by atoms with Crippen molar-refractivity contribution < 1.29 is 0 Å². The van der Waals surface area contributed by atoms with Gasteiger partial charge in [0.15, 0.2) is 0 Å². The molecule has 0 radical (unpaired) electrons. The Balaban J connectivity index is 2.42. The number of nitrogens with one attached hydrogen (secondary N) is 2. The van der Waals surface area contributed by atoms with E-state index in [4.69, 9.17) is 0 Å². The molecule has 0 aliphatic carbocycles. The van der Waals surface area contributed by atoms with Crippen LogP contribution in [-0.4, -0.2) is 17.2 Å². The van der Waals surface area contributed by atoms with E-state index in [1.807, 2.05) is 44.3 Å². The van der Waals surface area contributed by atoms with E-state index < -0.39 is 0 Å². The van der Waals surface area contributed by atoms with Crippen molar-refractivity contribution in [2.75, 3.05) is 7.05 Å². The molecule has 1 aromatic heterocycles. The predicted octanol–water partition coefficient (Wildman–Crippen LogP) is 1.46. The molecule has 0 saturated heterocycles. The quantitative estimate of drug-likeness (QED) is 0.837. The molecule has 0 aliphatic rings. The zero-order valence-corrected chi connectivity index (χ0v) is 9.95. The highest BCUT2D eigenvalue weighted by molar-refractivity contribution is 5.59. The van der Waals surface area contributed by atoms with Crippen LogP contribution < -0.4 is 10.9 Å². The number of nitrogens with zero attached hydrogens (tertiary/aromatic N) is 1. The van der Waals surface area contributed by atoms with Crippen molar-refractivity contribution in [3.05, 3.63) is 51.8 Å². The summed E-state index contributed by atoms with van der Waals surface area (Å²) in [6, 6.07) is 9.87. The molecule has 4 nitrogen and oxygen atoms in total. The second kappa shape index (κ2) is 4.93. The molecule has 2 aromatic rings. The Morgan fingerprint density at radius 3 is 2.65 bits per heavy atom. The van der Waals surface area contributed by atoms with Crippen LogP contribution in [0.5, 0.6) is 0 Å². The number of aryl methyl sites for hydroxylation is 1. The Morgan fingerprint density at radius 2 is 2.00 bits per heavy atom. The number of H-pyrrole nitrogens is 1. The molecule has 0 atom stereocenters. The van der Waals surface area contributed by atoms with Gasteiger partial charge in [0, 0.05) is 17.7 Å². The number of rotatable bonds is 3. The van der Waals surface area contributed by atoms with Crippen LogP contribution in [0.3, 0.4) is 0 Å². The topological polar surface area (TPSA) is 57.8 Å². The highest BCUT2D eigenvalue weighted by Crippen LogP contribution is 2.16. The average molecular weight is 229 g/mol. The molecule has 0 unspecified atom stereocenters. The summed E-state index contributed by atoms with van der Waals surface area (Å²) < 4.78 is 0. The molecule has 0 amide bonds. The van der Waals surface area contributed by atoms with Crippen LogP contribution in [0.4, 0.5) is 0 Å². The predicted molar refractivity (Wildman–Crippen MR) is 67.8 cm³/mol. The lowest BCUT2D eigenvalue weighted by Crippen LogP contribution is -2.19. The van der Waals surface area contributed by atoms with Crippen molar-refractivity contribution in [3.63, 3.8) is 0 Å². The molecule has 0 aliphatic heterocycles. The van der Waals surface area contributed by atoms with Crippen LogP contribution >= 0.6 is 0 Å². The van der Waals surface area contributed by atoms with Crippen LogP contribution in [0.15, 0.2) is 35.1 Å². The highest BCUT2D eigenvalue weighted by atomic mass is 16.1. The second-order valence-electron chi connectivity index (χ2n) is 4.00. The fraction of sp³-hybridized carbons (Fsp3) is 0.231. The lowest BCUT2D eigenvalue weighted by Gasteiger charge is -2.03. The van der Waals surface area contributed by atoms with Crippen molar-refractivity contribution in [1.82, 2.24) is 15.5 Å². The molecule has 0 spiro atoms. The van der Waals surface area contributed by atoms with Crippen molar-refractivity contribution in [2.24, 2.45) is 0 Å². The lowest BCUT2D eigenvalue weighted by molar-refractivity contribution is 0.794. The van der Waals surface area contributed by atoms with E-state index in [2.05, 4.69) is 15.5 Å². The molecular formula is C13H15N3O. The number of benzene rings is 1. The Kier molecular flexibility index (Phi) is 3.35. The maximum atomic E-state index is 11.5. The molecule has 17 heavy (non-hydrogen) atoms. The SMILES string of the molecule is CNCc1cc(-c2ccc(C)cc2)n[nH]c1=O. The van der Waals surface area contributed by atoms with Gasteiger partial charge in [0.25, 0.3) is 5.56 Å². The van der Waals surface area contributed by atoms with Gasteiger partial charge in [-0.3, -0.25) is 4.79 Å². The van der Waals surface area contributed by atoms with Gasteiger partial charge in [-0.2, -0.15) is 5.10 Å². The largest absolute Gasteiger partial charge is 0.315 e. The van der Waals surface area contributed by atoms with E-state index in [1.165, 1.54) is 5.56 Å². The van der Waals surface area contributed by atoms with Gasteiger partial charge in [0.1, 0.15) is 0 Å². The molecule has 1 heterocycles. The van der Waals surface area contributed by atoms with Gasteiger partial charge in [-0.25, -0.2) is 5.10 Å². The monoisotopic (exact) mass is 229 g/mol. The number of aromatic amines is 1. The minimum atomic E-state index is -0.143. The van der Waals surface area contributed by atoms with Gasteiger partial charge < -0.3 is 5.32 Å². The molecule has 2 rings (SSSR count). The van der Waals surface area contributed by atoms with E-state index in [0.29, 0.717) is 12.1 Å². The summed E-state index contributed by atoms with van der Waals surface area (Å²) in [6.07, 6.45) is 0. The van der Waals surface area contributed by atoms with E-state index in [9.17, 15) is 4.79 Å². The number of hydrogen-bond donors (Lipinski definition) is 2. The Bertz CT molecular complexity index is 558. The van der Waals surface area contributed by atoms with Gasteiger partial charge in [0.05, 0.1) is 5.69 Å². The molecule has 0 bridgehead atoms. The molecule has 2 N–H and O–H groups in total. The first-order chi connectivity index (χ1) is 8.20. The third-order valence-electron chi connectivity index (χ3n) is 2.60. The van der Waals surface area contributed by atoms with Crippen molar-refractivity contribution >= 4 is 0 Å². The first-order valence-electron chi connectivity index (χ1n) is 5.51. The Labute approximate surface area is 99.7 Å². The number of hydrogen-bond acceptors (Lipinski definition) is 3. The van der Waals surface area contributed by atoms with E-state index in [0.717, 1.165) is 11.3 Å². The normalized spacial score (nSPS) is 10.5. The molecule has 0 fully saturated rings. The molecule has 0 saturated carbocycles. The lowest BCUT2D eigenvalue weighted by atomic mass is 10.1. The van der Waals surface area contributed by atoms with Crippen LogP contribution in [0, 0.1) is 6.92 Å². The summed E-state index contributed by atoms with van der Waals surface area (Å²) in [6.45, 7) is 2.58. The van der Waals surface area contributed by atoms with Gasteiger partial charge in [-0.1, -0.05) is 29.8 Å². The first kappa shape index (κ1) is 11.5. The summed E-state index contributed by atoms with van der Waals surface area (Å²) in [5, 5.41) is 9.54. The van der Waals surface area contributed by atoms with Crippen LogP contribution in [0.25, 0.3) is 11.3 Å². The molecular weight excluding hydrogens is 214 g/mol. The summed E-state index contributed by atoms with van der Waals surface area (Å²) in [5.41, 5.74) is 3.54. The molecule has 1 aromatic carbocycles. The number of aromatic nitrogens is 2. The van der Waals surface area contributed by atoms with Crippen LogP contribution in [0.2, 0.25) is 0 Å². The maximum Gasteiger partial charge on any atom is 0.268 e. The second-order valence-corrected chi connectivity index (χ2v) is 4.00. The minimum Gasteiger partial charge on any atom is -0.315 e. The fourth-order valence-corrected chi connectivity index (χ4v) is 1.64. The van der Waals surface area contributed by atoms with E-state index >= 15 is 0 Å². The van der Waals surface area contributed by atoms with Crippen molar-refractivity contribution in [2.45, 2.75) is 13.5 Å². The third-order valence-corrected chi connectivity index (χ3v) is 2.60. The Morgan fingerprint density at radius 1 is 1.29 bits per heavy atom. The molecule has 88 valence electrons. The van der Waals surface area contributed by atoms with Gasteiger partial charge in [-0.05, 0) is 20.0 Å². The maximum absolute atomic E-state index is 11.5. The summed E-state index contributed by atoms with van der Waals surface area (Å²) in [7, 11) is 1.81. The molecule has 4 heteroatoms.